The van der Waals surface area contributed by atoms with Crippen LogP contribution < -0.4 is 11.1 Å². The highest BCUT2D eigenvalue weighted by Gasteiger charge is 2.47. The van der Waals surface area contributed by atoms with Crippen molar-refractivity contribution in [1.82, 2.24) is 5.32 Å². The normalized spacial score (nSPS) is 25.7. The molecule has 0 aromatic heterocycles. The predicted octanol–water partition coefficient (Wildman–Crippen LogP) is 3.99. The van der Waals surface area contributed by atoms with E-state index in [9.17, 15) is 9.59 Å². The third kappa shape index (κ3) is 4.36. The molecular weight excluding hydrogens is 360 g/mol. The third-order valence-electron chi connectivity index (χ3n) is 5.86. The lowest BCUT2D eigenvalue weighted by Crippen LogP contribution is -2.52. The minimum absolute atomic E-state index is 0.0165. The molecule has 146 valence electrons. The topological polar surface area (TPSA) is 170 Å². The van der Waals surface area contributed by atoms with Crippen molar-refractivity contribution in [2.45, 2.75) is 51.1 Å². The van der Waals surface area contributed by atoms with E-state index in [4.69, 9.17) is 16.8 Å². The molecule has 10 nitrogen and oxygen atoms in total. The van der Waals surface area contributed by atoms with Crippen LogP contribution in [0.15, 0.2) is 28.4 Å². The Morgan fingerprint density at radius 1 is 1.18 bits per heavy atom. The van der Waals surface area contributed by atoms with Crippen LogP contribution in [-0.4, -0.2) is 17.9 Å². The van der Waals surface area contributed by atoms with Gasteiger partial charge in [0.25, 0.3) is 5.91 Å². The molecule has 0 heterocycles. The first-order valence-corrected chi connectivity index (χ1v) is 9.25. The van der Waals surface area contributed by atoms with E-state index in [1.165, 1.54) is 6.07 Å². The molecule has 0 radical (unpaired) electrons. The Balaban J connectivity index is 1.61. The van der Waals surface area contributed by atoms with Crippen LogP contribution in [0.4, 0.5) is 5.69 Å². The largest absolute Gasteiger partial charge is 0.369 e. The van der Waals surface area contributed by atoms with Crippen molar-refractivity contribution < 1.29 is 9.59 Å². The first-order valence-electron chi connectivity index (χ1n) is 9.25. The van der Waals surface area contributed by atoms with Gasteiger partial charge in [-0.25, -0.2) is 0 Å². The first-order chi connectivity index (χ1) is 13.4. The van der Waals surface area contributed by atoms with Gasteiger partial charge in [-0.1, -0.05) is 10.2 Å². The predicted molar refractivity (Wildman–Crippen MR) is 102 cm³/mol. The Hall–Kier alpha value is -3.22. The zero-order valence-electron chi connectivity index (χ0n) is 15.4. The highest BCUT2D eigenvalue weighted by Crippen LogP contribution is 2.52. The van der Waals surface area contributed by atoms with E-state index >= 15 is 0 Å². The van der Waals surface area contributed by atoms with Crippen molar-refractivity contribution >= 4 is 17.5 Å². The Morgan fingerprint density at radius 2 is 1.89 bits per heavy atom. The van der Waals surface area contributed by atoms with Crippen molar-refractivity contribution in [1.29, 1.82) is 0 Å². The van der Waals surface area contributed by atoms with Gasteiger partial charge in [0.05, 0.1) is 6.54 Å². The molecule has 0 unspecified atom stereocenters. The fourth-order valence-corrected chi connectivity index (χ4v) is 4.40. The number of azide groups is 2. The molecule has 1 aromatic carbocycles. The van der Waals surface area contributed by atoms with Crippen LogP contribution in [0.2, 0.25) is 0 Å². The average molecular weight is 382 g/mol. The Morgan fingerprint density at radius 3 is 2.50 bits per heavy atom. The molecule has 0 saturated heterocycles. The highest BCUT2D eigenvalue weighted by molar-refractivity contribution is 5.95. The van der Waals surface area contributed by atoms with E-state index in [1.54, 1.807) is 12.1 Å². The van der Waals surface area contributed by atoms with Crippen molar-refractivity contribution in [3.05, 3.63) is 50.2 Å². The number of nitrogens with one attached hydrogen (secondary N) is 1. The van der Waals surface area contributed by atoms with Gasteiger partial charge in [-0.2, -0.15) is 0 Å². The van der Waals surface area contributed by atoms with E-state index in [-0.39, 0.29) is 35.7 Å². The Bertz CT molecular complexity index is 870. The molecule has 0 aliphatic heterocycles. The number of nitrogens with zero attached hydrogens (tertiary/aromatic N) is 6. The molecule has 2 aliphatic rings. The van der Waals surface area contributed by atoms with Crippen molar-refractivity contribution in [2.75, 3.05) is 0 Å². The summed E-state index contributed by atoms with van der Waals surface area (Å²) in [4.78, 5) is 29.4. The van der Waals surface area contributed by atoms with Crippen LogP contribution in [0, 0.1) is 11.3 Å². The van der Waals surface area contributed by atoms with Crippen LogP contribution in [0.3, 0.4) is 0 Å². The second-order valence-electron chi connectivity index (χ2n) is 7.72. The molecule has 28 heavy (non-hydrogen) atoms. The standard InChI is InChI=1S/C18H22N8O2/c19-16(27)12-1-3-18(4-2-12)8-15(9-18)23-17(28)13-5-11(10-22-25-20)6-14(7-13)24-26-21/h5-7,12,15H,1-4,8-10H2,(H2,19,27)(H,23,28). The van der Waals surface area contributed by atoms with Gasteiger partial charge in [0.2, 0.25) is 5.91 Å². The summed E-state index contributed by atoms with van der Waals surface area (Å²) in [5.41, 5.74) is 24.0. The van der Waals surface area contributed by atoms with E-state index in [2.05, 4.69) is 25.4 Å². The molecule has 2 saturated carbocycles. The van der Waals surface area contributed by atoms with Gasteiger partial charge in [-0.05, 0) is 78.8 Å². The zero-order chi connectivity index (χ0) is 20.1. The fourth-order valence-electron chi connectivity index (χ4n) is 4.40. The maximum Gasteiger partial charge on any atom is 0.251 e. The van der Waals surface area contributed by atoms with Crippen LogP contribution in [0.1, 0.15) is 54.4 Å². The molecule has 1 aromatic rings. The number of hydrogen-bond acceptors (Lipinski definition) is 4. The summed E-state index contributed by atoms with van der Waals surface area (Å²) in [6.45, 7) is 0.0686. The number of nitrogens with two attached hydrogens (primary N) is 1. The minimum atomic E-state index is -0.247. The third-order valence-corrected chi connectivity index (χ3v) is 5.86. The fraction of sp³-hybridized carbons (Fsp3) is 0.556. The summed E-state index contributed by atoms with van der Waals surface area (Å²) in [5.74, 6) is -0.476. The molecule has 1 spiro atoms. The van der Waals surface area contributed by atoms with E-state index in [1.807, 2.05) is 0 Å². The van der Waals surface area contributed by atoms with Gasteiger partial charge in [0.1, 0.15) is 0 Å². The molecule has 0 atom stereocenters. The van der Waals surface area contributed by atoms with Gasteiger partial charge in [-0.3, -0.25) is 9.59 Å². The van der Waals surface area contributed by atoms with Crippen LogP contribution >= 0.6 is 0 Å². The maximum absolute atomic E-state index is 12.6. The van der Waals surface area contributed by atoms with Gasteiger partial charge >= 0.3 is 0 Å². The summed E-state index contributed by atoms with van der Waals surface area (Å²) in [7, 11) is 0. The smallest absolute Gasteiger partial charge is 0.251 e. The average Bonchev–Trinajstić information content (AvgIpc) is 2.65. The van der Waals surface area contributed by atoms with Crippen LogP contribution in [-0.2, 0) is 11.3 Å². The number of hydrogen-bond donors (Lipinski definition) is 2. The Labute approximate surface area is 161 Å². The first kappa shape index (κ1) is 19.5. The SMILES string of the molecule is [N-]=[N+]=NCc1cc(N=[N+]=[N-])cc(C(=O)NC2CC3(CCC(C(N)=O)CC3)C2)c1. The van der Waals surface area contributed by atoms with Crippen molar-refractivity contribution in [3.63, 3.8) is 0 Å². The van der Waals surface area contributed by atoms with Gasteiger partial charge in [0.15, 0.2) is 0 Å². The molecule has 2 amide bonds. The Kier molecular flexibility index (Phi) is 5.73. The van der Waals surface area contributed by atoms with E-state index in [0.29, 0.717) is 16.8 Å². The summed E-state index contributed by atoms with van der Waals surface area (Å²) in [6, 6.07) is 4.82. The summed E-state index contributed by atoms with van der Waals surface area (Å²) in [5, 5.41) is 10.1. The summed E-state index contributed by atoms with van der Waals surface area (Å²) >= 11 is 0. The number of carbonyl (C=O) groups is 2. The number of carbonyl (C=O) groups excluding carboxylic acids is 2. The van der Waals surface area contributed by atoms with E-state index in [0.717, 1.165) is 38.5 Å². The summed E-state index contributed by atoms with van der Waals surface area (Å²) < 4.78 is 0. The number of amides is 2. The molecule has 3 rings (SSSR count). The van der Waals surface area contributed by atoms with Crippen molar-refractivity contribution in [2.24, 2.45) is 27.3 Å². The number of rotatable bonds is 6. The van der Waals surface area contributed by atoms with Crippen LogP contribution in [0.5, 0.6) is 0 Å². The molecule has 10 heteroatoms. The molecule has 2 fully saturated rings. The molecule has 3 N–H and O–H groups in total. The second kappa shape index (κ2) is 8.21. The lowest BCUT2D eigenvalue weighted by Gasteiger charge is -2.51. The lowest BCUT2D eigenvalue weighted by molar-refractivity contribution is -0.124. The molecule has 2 aliphatic carbocycles. The number of benzene rings is 1. The quantitative estimate of drug-likeness (QED) is 0.431. The number of primary amides is 1. The highest BCUT2D eigenvalue weighted by atomic mass is 16.2. The molecule has 0 bridgehead atoms. The second-order valence-corrected chi connectivity index (χ2v) is 7.72. The molecular formula is C18H22N8O2. The van der Waals surface area contributed by atoms with Crippen molar-refractivity contribution in [3.8, 4) is 0 Å². The van der Waals surface area contributed by atoms with Gasteiger partial charge < -0.3 is 11.1 Å². The monoisotopic (exact) mass is 382 g/mol. The maximum atomic E-state index is 12.6. The lowest BCUT2D eigenvalue weighted by atomic mass is 9.57. The van der Waals surface area contributed by atoms with Crippen LogP contribution in [0.25, 0.3) is 20.9 Å². The zero-order valence-corrected chi connectivity index (χ0v) is 15.4. The summed E-state index contributed by atoms with van der Waals surface area (Å²) in [6.07, 6.45) is 5.38. The van der Waals surface area contributed by atoms with E-state index < -0.39 is 0 Å². The van der Waals surface area contributed by atoms with Gasteiger partial charge in [0, 0.05) is 33.0 Å². The minimum Gasteiger partial charge on any atom is -0.369 e. The van der Waals surface area contributed by atoms with Gasteiger partial charge in [-0.15, -0.1) is 0 Å².